The number of hydrogen-bond acceptors (Lipinski definition) is 5. The summed E-state index contributed by atoms with van der Waals surface area (Å²) in [6, 6.07) is 44.8. The molecule has 0 aliphatic heterocycles. The minimum atomic E-state index is -0.413. The Hall–Kier alpha value is -5.33. The molecule has 0 radical (unpaired) electrons. The number of ether oxygens (including phenoxy) is 1. The zero-order valence-corrected chi connectivity index (χ0v) is 62.1. The number of carbonyl (C=O) groups excluding carboxylic acids is 2. The highest BCUT2D eigenvalue weighted by Gasteiger charge is 2.10. The molecule has 0 saturated heterocycles. The van der Waals surface area contributed by atoms with E-state index < -0.39 is 6.61 Å². The summed E-state index contributed by atoms with van der Waals surface area (Å²) in [5.41, 5.74) is 14.4. The van der Waals surface area contributed by atoms with E-state index in [4.69, 9.17) is 26.6 Å². The van der Waals surface area contributed by atoms with E-state index in [2.05, 4.69) is 171 Å². The highest BCUT2D eigenvalue weighted by atomic mass is 35.5. The first-order valence-corrected chi connectivity index (χ1v) is 34.1. The van der Waals surface area contributed by atoms with Gasteiger partial charge in [-0.05, 0) is 188 Å². The average Bonchev–Trinajstić information content (AvgIpc) is 3.77. The number of benzene rings is 6. The topological polar surface area (TPSA) is 83.8 Å². The Labute approximate surface area is 544 Å². The molecule has 6 aromatic rings. The van der Waals surface area contributed by atoms with Gasteiger partial charge in [0, 0.05) is 16.1 Å². The van der Waals surface area contributed by atoms with Gasteiger partial charge in [0.2, 0.25) is 0 Å². The van der Waals surface area contributed by atoms with Crippen molar-refractivity contribution in [3.8, 4) is 5.75 Å². The number of rotatable bonds is 17. The fourth-order valence-electron chi connectivity index (χ4n) is 7.66. The Bertz CT molecular complexity index is 2530. The van der Waals surface area contributed by atoms with Crippen LogP contribution in [0, 0.1) is 20.8 Å². The fraction of sp³-hybridized carbons (Fsp3) is 0.531. The molecule has 6 heteroatoms. The molecule has 0 fully saturated rings. The lowest BCUT2D eigenvalue weighted by Gasteiger charge is -2.11. The minimum absolute atomic E-state index is 0.143. The van der Waals surface area contributed by atoms with Crippen LogP contribution in [-0.4, -0.2) is 35.5 Å². The molecule has 5 nitrogen and oxygen atoms in total. The number of aliphatic hydroxyl groups is 2. The SMILES string of the molecule is CC.CC.CC.CC.CC.CC.CCC(C)c1ccc(C)c(C)c1.CCC(C)c1ccc(Cl)cc1.CCC(C)c1ccc(OC)c(C)c1.CCC(C)c1cccc(C(=O)CO)c1.CCC(C)c1cccc(C(C)=O)c1.CCC(C)c1cccc(CO)c1. The van der Waals surface area contributed by atoms with E-state index >= 15 is 0 Å². The van der Waals surface area contributed by atoms with E-state index in [0.717, 1.165) is 46.7 Å². The lowest BCUT2D eigenvalue weighted by molar-refractivity contribution is 0.0903. The zero-order valence-electron chi connectivity index (χ0n) is 61.3. The maximum absolute atomic E-state index is 11.2. The molecule has 0 amide bonds. The molecule has 0 saturated carbocycles. The molecule has 2 N–H and O–H groups in total. The maximum Gasteiger partial charge on any atom is 0.188 e. The minimum Gasteiger partial charge on any atom is -0.496 e. The molecule has 6 atom stereocenters. The van der Waals surface area contributed by atoms with E-state index in [1.165, 1.54) is 63.8 Å². The van der Waals surface area contributed by atoms with Gasteiger partial charge in [-0.25, -0.2) is 0 Å². The first-order chi connectivity index (χ1) is 41.7. The third-order valence-corrected chi connectivity index (χ3v) is 14.9. The van der Waals surface area contributed by atoms with Crippen molar-refractivity contribution in [2.75, 3.05) is 13.7 Å². The van der Waals surface area contributed by atoms with Crippen LogP contribution >= 0.6 is 11.6 Å². The second-order valence-electron chi connectivity index (χ2n) is 20.3. The molecule has 0 bridgehead atoms. The van der Waals surface area contributed by atoms with Crippen molar-refractivity contribution in [3.05, 3.63) is 205 Å². The number of aryl methyl sites for hydroxylation is 3. The number of ketones is 2. The fourth-order valence-corrected chi connectivity index (χ4v) is 7.78. The summed E-state index contributed by atoms with van der Waals surface area (Å²) in [5, 5.41) is 18.5. The van der Waals surface area contributed by atoms with Gasteiger partial charge in [-0.2, -0.15) is 0 Å². The lowest BCUT2D eigenvalue weighted by Crippen LogP contribution is -2.05. The summed E-state index contributed by atoms with van der Waals surface area (Å²) in [4.78, 5) is 22.3. The summed E-state index contributed by atoms with van der Waals surface area (Å²) in [7, 11) is 1.71. The van der Waals surface area contributed by atoms with Crippen molar-refractivity contribution in [2.24, 2.45) is 0 Å². The van der Waals surface area contributed by atoms with Gasteiger partial charge < -0.3 is 14.9 Å². The smallest absolute Gasteiger partial charge is 0.188 e. The number of hydrogen-bond donors (Lipinski definition) is 2. The van der Waals surface area contributed by atoms with Crippen LogP contribution in [0.1, 0.15) is 323 Å². The van der Waals surface area contributed by atoms with Crippen LogP contribution in [0.3, 0.4) is 0 Å². The zero-order chi connectivity index (χ0) is 68.6. The van der Waals surface area contributed by atoms with Crippen molar-refractivity contribution >= 4 is 23.2 Å². The Balaban J connectivity index is -0.000000218. The molecule has 0 spiro atoms. The Kier molecular flexibility index (Phi) is 65.0. The molecule has 0 aliphatic rings. The second kappa shape index (κ2) is 60.9. The number of aliphatic hydroxyl groups excluding tert-OH is 2. The highest BCUT2D eigenvalue weighted by molar-refractivity contribution is 6.30. The van der Waals surface area contributed by atoms with Gasteiger partial charge in [0.15, 0.2) is 11.6 Å². The number of Topliss-reactive ketones (excluding diaryl/α,β-unsaturated/α-hetero) is 2. The molecule has 6 rings (SSSR count). The van der Waals surface area contributed by atoms with Crippen molar-refractivity contribution in [1.82, 2.24) is 0 Å². The normalized spacial score (nSPS) is 11.4. The Morgan fingerprint density at radius 2 is 0.724 bits per heavy atom. The molecule has 6 aromatic carbocycles. The van der Waals surface area contributed by atoms with Crippen LogP contribution < -0.4 is 4.74 Å². The lowest BCUT2D eigenvalue weighted by atomic mass is 9.95. The van der Waals surface area contributed by atoms with Gasteiger partial charge in [0.1, 0.15) is 12.4 Å². The predicted molar refractivity (Wildman–Crippen MR) is 392 cm³/mol. The third-order valence-electron chi connectivity index (χ3n) is 14.7. The van der Waals surface area contributed by atoms with Crippen LogP contribution in [0.5, 0.6) is 5.75 Å². The second-order valence-corrected chi connectivity index (χ2v) is 20.7. The molecular weight excluding hydrogens is 1090 g/mol. The van der Waals surface area contributed by atoms with Gasteiger partial charge in [-0.15, -0.1) is 0 Å². The first-order valence-electron chi connectivity index (χ1n) is 33.7. The van der Waals surface area contributed by atoms with Crippen LogP contribution in [0.4, 0.5) is 0 Å². The molecule has 0 aromatic heterocycles. The van der Waals surface area contributed by atoms with Crippen LogP contribution in [0.15, 0.2) is 133 Å². The van der Waals surface area contributed by atoms with Crippen molar-refractivity contribution in [2.45, 2.75) is 275 Å². The van der Waals surface area contributed by atoms with E-state index in [9.17, 15) is 9.59 Å². The number of halogens is 1. The van der Waals surface area contributed by atoms with E-state index in [-0.39, 0.29) is 18.2 Å². The summed E-state index contributed by atoms with van der Waals surface area (Å²) < 4.78 is 5.21. The summed E-state index contributed by atoms with van der Waals surface area (Å²) in [6.07, 6.45) is 6.91. The Morgan fingerprint density at radius 3 is 1.07 bits per heavy atom. The van der Waals surface area contributed by atoms with E-state index in [1.54, 1.807) is 20.1 Å². The summed E-state index contributed by atoms with van der Waals surface area (Å²) >= 11 is 5.76. The summed E-state index contributed by atoms with van der Waals surface area (Å²) in [6.45, 7) is 58.1. The maximum atomic E-state index is 11.2. The van der Waals surface area contributed by atoms with Crippen molar-refractivity contribution < 1.29 is 24.5 Å². The number of carbonyl (C=O) groups is 2. The van der Waals surface area contributed by atoms with Gasteiger partial charge in [-0.3, -0.25) is 9.59 Å². The Morgan fingerprint density at radius 1 is 0.402 bits per heavy atom. The van der Waals surface area contributed by atoms with Gasteiger partial charge in [-0.1, -0.05) is 281 Å². The predicted octanol–water partition coefficient (Wildman–Crippen LogP) is 25.8. The molecule has 87 heavy (non-hydrogen) atoms. The van der Waals surface area contributed by atoms with E-state index in [1.807, 2.05) is 144 Å². The van der Waals surface area contributed by atoms with Gasteiger partial charge in [0.25, 0.3) is 0 Å². The van der Waals surface area contributed by atoms with E-state index in [0.29, 0.717) is 41.1 Å². The molecule has 0 aliphatic carbocycles. The van der Waals surface area contributed by atoms with Crippen LogP contribution in [0.2, 0.25) is 5.02 Å². The standard InChI is InChI=1S/C12H16O2.C12H18O.C12H16O.C12H18.C11H16O.C10H13Cl.6C2H6/c1-3-9(2)10-5-4-6-11(7-10)12(14)8-13;1-5-9(2)11-6-7-12(13-4)10(3)8-11;1-4-9(2)11-6-5-7-12(8-11)10(3)13;1-5-9(2)12-7-6-10(3)11(4)8-12;1-3-9(2)11-6-4-5-10(7-11)8-12;1-3-8(2)9-4-6-10(11)7-5-9;6*1-2/h4-7,9,13H,3,8H2,1-2H3;6-9H,5H2,1-4H3;5-9H,4H2,1-3H3;6-9H,5H2,1-4H3;4-7,9,12H,3,8H2,1-2H3;4-8H,3H2,1-2H3;6*1-2H3. The molecule has 494 valence electrons. The quantitative estimate of drug-likeness (QED) is 0.0889. The number of methoxy groups -OCH3 is 1. The largest absolute Gasteiger partial charge is 0.496 e. The first kappa shape index (κ1) is 92.8. The van der Waals surface area contributed by atoms with Crippen LogP contribution in [0.25, 0.3) is 0 Å². The molecule has 0 heterocycles. The van der Waals surface area contributed by atoms with Crippen molar-refractivity contribution in [3.63, 3.8) is 0 Å². The van der Waals surface area contributed by atoms with Gasteiger partial charge >= 0.3 is 0 Å². The molecule has 6 unspecified atom stereocenters. The summed E-state index contributed by atoms with van der Waals surface area (Å²) in [5.74, 6) is 4.49. The highest BCUT2D eigenvalue weighted by Crippen LogP contribution is 2.26. The van der Waals surface area contributed by atoms with Gasteiger partial charge in [0.05, 0.1) is 13.7 Å². The molecular formula is C81H133ClO5. The van der Waals surface area contributed by atoms with Crippen molar-refractivity contribution in [1.29, 1.82) is 0 Å². The third kappa shape index (κ3) is 40.8. The van der Waals surface area contributed by atoms with Crippen LogP contribution in [-0.2, 0) is 6.61 Å². The monoisotopic (exact) mass is 1220 g/mol. The average molecular weight is 1220 g/mol.